The molecule has 1 aliphatic rings. The van der Waals surface area contributed by atoms with E-state index in [1.165, 1.54) is 76.5 Å². The Hall–Kier alpha value is -6.05. The first-order chi connectivity index (χ1) is 22.7. The first kappa shape index (κ1) is 26.4. The van der Waals surface area contributed by atoms with Crippen LogP contribution in [0.5, 0.6) is 0 Å². The third-order valence-corrected chi connectivity index (χ3v) is 9.65. The van der Waals surface area contributed by atoms with E-state index in [0.29, 0.717) is 0 Å². The molecule has 0 N–H and O–H groups in total. The van der Waals surface area contributed by atoms with E-state index in [2.05, 4.69) is 139 Å². The van der Waals surface area contributed by atoms with Crippen LogP contribution in [0.4, 0.5) is 0 Å². The predicted octanol–water partition coefficient (Wildman–Crippen LogP) is 12.3. The van der Waals surface area contributed by atoms with Crippen molar-refractivity contribution in [3.63, 3.8) is 0 Å². The fourth-order valence-corrected chi connectivity index (χ4v) is 7.59. The van der Waals surface area contributed by atoms with Crippen molar-refractivity contribution in [1.29, 1.82) is 0 Å². The summed E-state index contributed by atoms with van der Waals surface area (Å²) >= 11 is 0. The van der Waals surface area contributed by atoms with Gasteiger partial charge in [-0.05, 0) is 112 Å². The van der Waals surface area contributed by atoms with Crippen molar-refractivity contribution in [2.24, 2.45) is 0 Å². The zero-order valence-corrected chi connectivity index (χ0v) is 25.3. The SMILES string of the molecule is C=CC1=C(C=C)c2ccc(-c3cc4c5ccccc5c(-c5ccc(-c6ccccn6)cc5)cc4c4ccccc34)c3cccc1c23. The van der Waals surface area contributed by atoms with Crippen molar-refractivity contribution < 1.29 is 0 Å². The number of allylic oxidation sites excluding steroid dienone is 4. The predicted molar refractivity (Wildman–Crippen MR) is 198 cm³/mol. The Morgan fingerprint density at radius 1 is 0.391 bits per heavy atom. The van der Waals surface area contributed by atoms with Gasteiger partial charge in [0.05, 0.1) is 5.69 Å². The van der Waals surface area contributed by atoms with Gasteiger partial charge in [-0.25, -0.2) is 0 Å². The lowest BCUT2D eigenvalue weighted by Crippen LogP contribution is -1.91. The average molecular weight is 584 g/mol. The van der Waals surface area contributed by atoms with Gasteiger partial charge in [-0.3, -0.25) is 4.98 Å². The van der Waals surface area contributed by atoms with Gasteiger partial charge in [-0.1, -0.05) is 135 Å². The molecule has 8 aromatic rings. The number of pyridine rings is 1. The minimum absolute atomic E-state index is 0.983. The van der Waals surface area contributed by atoms with Crippen LogP contribution in [0.1, 0.15) is 11.1 Å². The minimum Gasteiger partial charge on any atom is -0.256 e. The molecule has 0 radical (unpaired) electrons. The lowest BCUT2D eigenvalue weighted by molar-refractivity contribution is 1.33. The Bertz CT molecular complexity index is 2560. The number of nitrogens with zero attached hydrogens (tertiary/aromatic N) is 1. The van der Waals surface area contributed by atoms with Crippen molar-refractivity contribution in [2.75, 3.05) is 0 Å². The summed E-state index contributed by atoms with van der Waals surface area (Å²) in [6, 6.07) is 48.6. The van der Waals surface area contributed by atoms with Gasteiger partial charge in [0.15, 0.2) is 0 Å². The standard InChI is InChI=1S/C45H29N/c1-3-30-31(4-2)39-24-23-36(38-17-11-16-37(30)45(38)39)41-27-43-33-13-6-5-12-32(33)40(26-42(43)35-15-8-7-14-34(35)41)28-19-21-29(22-20-28)44-18-9-10-25-46-44/h3-27H,1-2H2. The molecule has 1 aliphatic carbocycles. The molecule has 1 nitrogen and oxygen atoms in total. The zero-order chi connectivity index (χ0) is 30.8. The second-order valence-corrected chi connectivity index (χ2v) is 12.0. The molecule has 0 bridgehead atoms. The maximum Gasteiger partial charge on any atom is 0.0701 e. The highest BCUT2D eigenvalue weighted by Gasteiger charge is 2.23. The molecule has 1 heteroatoms. The van der Waals surface area contributed by atoms with Gasteiger partial charge in [-0.2, -0.15) is 0 Å². The van der Waals surface area contributed by atoms with Crippen molar-refractivity contribution in [1.82, 2.24) is 4.98 Å². The van der Waals surface area contributed by atoms with Crippen LogP contribution in [0, 0.1) is 0 Å². The van der Waals surface area contributed by atoms with Crippen LogP contribution >= 0.6 is 0 Å². The molecule has 0 spiro atoms. The summed E-state index contributed by atoms with van der Waals surface area (Å²) < 4.78 is 0. The molecule has 0 amide bonds. The highest BCUT2D eigenvalue weighted by molar-refractivity contribution is 6.26. The summed E-state index contributed by atoms with van der Waals surface area (Å²) in [4.78, 5) is 4.55. The number of aromatic nitrogens is 1. The number of hydrogen-bond acceptors (Lipinski definition) is 1. The van der Waals surface area contributed by atoms with E-state index >= 15 is 0 Å². The smallest absolute Gasteiger partial charge is 0.0701 e. The fourth-order valence-electron chi connectivity index (χ4n) is 7.59. The van der Waals surface area contributed by atoms with E-state index in [9.17, 15) is 0 Å². The molecule has 0 unspecified atom stereocenters. The Morgan fingerprint density at radius 2 is 0.935 bits per heavy atom. The van der Waals surface area contributed by atoms with Crippen LogP contribution in [0.25, 0.3) is 87.7 Å². The molecule has 46 heavy (non-hydrogen) atoms. The summed E-state index contributed by atoms with van der Waals surface area (Å²) in [5.74, 6) is 0. The van der Waals surface area contributed by atoms with Gasteiger partial charge in [0, 0.05) is 11.8 Å². The van der Waals surface area contributed by atoms with E-state index in [1.54, 1.807) is 0 Å². The number of fused-ring (bicyclic) bond motifs is 5. The quantitative estimate of drug-likeness (QED) is 0.184. The Kier molecular flexibility index (Phi) is 5.88. The zero-order valence-electron chi connectivity index (χ0n) is 25.3. The molecular weight excluding hydrogens is 555 g/mol. The monoisotopic (exact) mass is 583 g/mol. The third-order valence-electron chi connectivity index (χ3n) is 9.65. The normalized spacial score (nSPS) is 12.4. The van der Waals surface area contributed by atoms with E-state index in [0.717, 1.165) is 22.4 Å². The van der Waals surface area contributed by atoms with Gasteiger partial charge in [0.2, 0.25) is 0 Å². The molecule has 1 aromatic heterocycles. The fraction of sp³-hybridized carbons (Fsp3) is 0. The van der Waals surface area contributed by atoms with Crippen LogP contribution in [-0.4, -0.2) is 4.98 Å². The molecule has 1 heterocycles. The van der Waals surface area contributed by atoms with Gasteiger partial charge >= 0.3 is 0 Å². The molecular formula is C45H29N. The largest absolute Gasteiger partial charge is 0.256 e. The first-order valence-corrected chi connectivity index (χ1v) is 15.7. The van der Waals surface area contributed by atoms with Crippen molar-refractivity contribution >= 4 is 54.2 Å². The Labute approximate surface area is 268 Å². The number of benzene rings is 7. The number of hydrogen-bond donors (Lipinski definition) is 0. The van der Waals surface area contributed by atoms with Crippen molar-refractivity contribution in [3.8, 4) is 33.5 Å². The van der Waals surface area contributed by atoms with Crippen LogP contribution in [-0.2, 0) is 0 Å². The molecule has 7 aromatic carbocycles. The second-order valence-electron chi connectivity index (χ2n) is 12.0. The second kappa shape index (κ2) is 10.3. The van der Waals surface area contributed by atoms with Crippen LogP contribution < -0.4 is 0 Å². The molecule has 0 fully saturated rings. The van der Waals surface area contributed by atoms with E-state index in [1.807, 2.05) is 30.5 Å². The molecule has 214 valence electrons. The summed E-state index contributed by atoms with van der Waals surface area (Å²) in [5.41, 5.74) is 11.8. The van der Waals surface area contributed by atoms with Crippen LogP contribution in [0.15, 0.2) is 165 Å². The Morgan fingerprint density at radius 3 is 1.59 bits per heavy atom. The van der Waals surface area contributed by atoms with Gasteiger partial charge in [0.1, 0.15) is 0 Å². The van der Waals surface area contributed by atoms with Gasteiger partial charge < -0.3 is 0 Å². The van der Waals surface area contributed by atoms with E-state index in [-0.39, 0.29) is 0 Å². The highest BCUT2D eigenvalue weighted by Crippen LogP contribution is 2.48. The van der Waals surface area contributed by atoms with Crippen LogP contribution in [0.3, 0.4) is 0 Å². The van der Waals surface area contributed by atoms with Crippen LogP contribution in [0.2, 0.25) is 0 Å². The van der Waals surface area contributed by atoms with Crippen molar-refractivity contribution in [2.45, 2.75) is 0 Å². The summed E-state index contributed by atoms with van der Waals surface area (Å²) in [5, 5.41) is 10.1. The molecule has 0 atom stereocenters. The molecule has 0 aliphatic heterocycles. The van der Waals surface area contributed by atoms with Gasteiger partial charge in [-0.15, -0.1) is 0 Å². The summed E-state index contributed by atoms with van der Waals surface area (Å²) in [7, 11) is 0. The molecule has 0 saturated carbocycles. The van der Waals surface area contributed by atoms with Crippen molar-refractivity contribution in [3.05, 3.63) is 176 Å². The summed E-state index contributed by atoms with van der Waals surface area (Å²) in [6.07, 6.45) is 5.77. The molecule has 0 saturated heterocycles. The van der Waals surface area contributed by atoms with E-state index < -0.39 is 0 Å². The summed E-state index contributed by atoms with van der Waals surface area (Å²) in [6.45, 7) is 8.27. The average Bonchev–Trinajstić information content (AvgIpc) is 3.45. The topological polar surface area (TPSA) is 12.9 Å². The lowest BCUT2D eigenvalue weighted by atomic mass is 9.86. The van der Waals surface area contributed by atoms with E-state index in [4.69, 9.17) is 0 Å². The minimum atomic E-state index is 0.983. The first-order valence-electron chi connectivity index (χ1n) is 15.7. The number of rotatable bonds is 5. The third kappa shape index (κ3) is 3.79. The van der Waals surface area contributed by atoms with Gasteiger partial charge in [0.25, 0.3) is 0 Å². The Balaban J connectivity index is 1.31. The maximum absolute atomic E-state index is 4.55. The maximum atomic E-state index is 4.55. The lowest BCUT2D eigenvalue weighted by Gasteiger charge is -2.17. The molecule has 9 rings (SSSR count). The highest BCUT2D eigenvalue weighted by atomic mass is 14.7.